The van der Waals surface area contributed by atoms with Gasteiger partial charge in [0.2, 0.25) is 0 Å². The third-order valence-electron chi connectivity index (χ3n) is 3.38. The van der Waals surface area contributed by atoms with Crippen molar-refractivity contribution in [1.82, 2.24) is 5.59 Å². The highest BCUT2D eigenvalue weighted by Crippen LogP contribution is 2.38. The van der Waals surface area contributed by atoms with Gasteiger partial charge in [-0.15, -0.1) is 5.59 Å². The van der Waals surface area contributed by atoms with E-state index in [0.29, 0.717) is 5.75 Å². The molecule has 0 spiro atoms. The van der Waals surface area contributed by atoms with Crippen molar-refractivity contribution in [1.29, 1.82) is 0 Å². The lowest BCUT2D eigenvalue weighted by Crippen LogP contribution is -2.19. The summed E-state index contributed by atoms with van der Waals surface area (Å²) in [6, 6.07) is 15.2. The molecule has 132 valence electrons. The van der Waals surface area contributed by atoms with Crippen LogP contribution in [0.3, 0.4) is 0 Å². The van der Waals surface area contributed by atoms with Crippen molar-refractivity contribution in [3.05, 3.63) is 59.7 Å². The van der Waals surface area contributed by atoms with E-state index in [9.17, 15) is 0 Å². The van der Waals surface area contributed by atoms with E-state index in [-0.39, 0.29) is 10.7 Å². The maximum absolute atomic E-state index is 9.12. The highest BCUT2D eigenvalue weighted by Gasteiger charge is 2.22. The first-order valence-corrected chi connectivity index (χ1v) is 8.33. The molecule has 0 amide bonds. The number of phenolic OH excluding ortho intramolecular Hbond substituents is 1. The molecule has 4 nitrogen and oxygen atoms in total. The number of hydrazine groups is 1. The molecule has 0 saturated carbocycles. The number of hydrogen-bond acceptors (Lipinski definition) is 5. The summed E-state index contributed by atoms with van der Waals surface area (Å²) in [7, 11) is 1.56. The number of nitrogens with one attached hydrogen (secondary N) is 2. The molecule has 2 aromatic carbocycles. The molecule has 0 aliphatic rings. The Bertz CT molecular complexity index is 592. The SMILES string of the molecule is CC(C)(C)C(S)c1ccc(O)cc1.CONNc1ccc(C)cc1. The summed E-state index contributed by atoms with van der Waals surface area (Å²) in [6.45, 7) is 8.50. The fourth-order valence-electron chi connectivity index (χ4n) is 1.90. The first kappa shape index (κ1) is 20.4. The van der Waals surface area contributed by atoms with Crippen molar-refractivity contribution < 1.29 is 9.94 Å². The summed E-state index contributed by atoms with van der Waals surface area (Å²) in [5.41, 5.74) is 8.90. The molecule has 0 aliphatic carbocycles. The lowest BCUT2D eigenvalue weighted by Gasteiger charge is -2.26. The van der Waals surface area contributed by atoms with E-state index in [1.54, 1.807) is 19.2 Å². The van der Waals surface area contributed by atoms with Crippen LogP contribution >= 0.6 is 12.6 Å². The van der Waals surface area contributed by atoms with Gasteiger partial charge < -0.3 is 5.11 Å². The molecule has 5 heteroatoms. The van der Waals surface area contributed by atoms with Crippen LogP contribution in [0.1, 0.15) is 37.1 Å². The zero-order chi connectivity index (χ0) is 18.2. The molecule has 3 N–H and O–H groups in total. The van der Waals surface area contributed by atoms with Gasteiger partial charge in [0, 0.05) is 5.25 Å². The lowest BCUT2D eigenvalue weighted by atomic mass is 9.87. The molecule has 0 heterocycles. The van der Waals surface area contributed by atoms with E-state index < -0.39 is 0 Å². The Morgan fingerprint density at radius 3 is 2.00 bits per heavy atom. The molecule has 0 radical (unpaired) electrons. The second-order valence-corrected chi connectivity index (χ2v) is 7.17. The van der Waals surface area contributed by atoms with Crippen molar-refractivity contribution in [2.75, 3.05) is 12.5 Å². The monoisotopic (exact) mass is 348 g/mol. The Balaban J connectivity index is 0.000000243. The molecular weight excluding hydrogens is 320 g/mol. The molecule has 2 rings (SSSR count). The summed E-state index contributed by atoms with van der Waals surface area (Å²) in [5, 5.41) is 9.32. The Hall–Kier alpha value is -1.69. The molecular formula is C19H28N2O2S. The number of phenols is 1. The summed E-state index contributed by atoms with van der Waals surface area (Å²) in [5.74, 6) is 0.304. The standard InChI is InChI=1S/C11H16OS.C8H12N2O/c1-11(2,3)10(13)8-4-6-9(12)7-5-8;1-7-3-5-8(6-4-7)9-10-11-2/h4-7,10,12-13H,1-3H3;3-6,9-10H,1-2H3. The van der Waals surface area contributed by atoms with Crippen LogP contribution in [-0.2, 0) is 4.84 Å². The number of hydrogen-bond donors (Lipinski definition) is 4. The van der Waals surface area contributed by atoms with Gasteiger partial charge in [0.25, 0.3) is 0 Å². The molecule has 1 atom stereocenters. The molecule has 0 fully saturated rings. The Morgan fingerprint density at radius 2 is 1.54 bits per heavy atom. The average Bonchev–Trinajstić information content (AvgIpc) is 2.54. The fourth-order valence-corrected chi connectivity index (χ4v) is 2.08. The third kappa shape index (κ3) is 7.25. The van der Waals surface area contributed by atoms with Crippen LogP contribution < -0.4 is 11.0 Å². The van der Waals surface area contributed by atoms with Crippen LogP contribution in [0.2, 0.25) is 0 Å². The zero-order valence-corrected chi connectivity index (χ0v) is 15.9. The van der Waals surface area contributed by atoms with Crippen LogP contribution in [0.25, 0.3) is 0 Å². The largest absolute Gasteiger partial charge is 0.508 e. The maximum atomic E-state index is 9.12. The van der Waals surface area contributed by atoms with E-state index in [1.165, 1.54) is 5.56 Å². The molecule has 0 aliphatic heterocycles. The molecule has 0 saturated heterocycles. The highest BCUT2D eigenvalue weighted by atomic mass is 32.1. The highest BCUT2D eigenvalue weighted by molar-refractivity contribution is 7.80. The second-order valence-electron chi connectivity index (χ2n) is 6.66. The Kier molecular flexibility index (Phi) is 8.11. The normalized spacial score (nSPS) is 12.1. The predicted molar refractivity (Wildman–Crippen MR) is 104 cm³/mol. The Morgan fingerprint density at radius 1 is 1.00 bits per heavy atom. The Labute approximate surface area is 150 Å². The fraction of sp³-hybridized carbons (Fsp3) is 0.368. The van der Waals surface area contributed by atoms with Crippen molar-refractivity contribution in [3.63, 3.8) is 0 Å². The van der Waals surface area contributed by atoms with Gasteiger partial charge in [-0.1, -0.05) is 50.6 Å². The third-order valence-corrected chi connectivity index (χ3v) is 4.45. The summed E-state index contributed by atoms with van der Waals surface area (Å²) < 4.78 is 0. The van der Waals surface area contributed by atoms with Gasteiger partial charge in [-0.25, -0.2) is 0 Å². The van der Waals surface area contributed by atoms with E-state index in [4.69, 9.17) is 5.11 Å². The molecule has 2 aromatic rings. The number of benzene rings is 2. The van der Waals surface area contributed by atoms with Crippen molar-refractivity contribution >= 4 is 18.3 Å². The quantitative estimate of drug-likeness (QED) is 0.470. The smallest absolute Gasteiger partial charge is 0.115 e. The van der Waals surface area contributed by atoms with Crippen molar-refractivity contribution in [3.8, 4) is 5.75 Å². The second kappa shape index (κ2) is 9.57. The van der Waals surface area contributed by atoms with E-state index in [1.807, 2.05) is 43.3 Å². The van der Waals surface area contributed by atoms with Crippen LogP contribution in [0.15, 0.2) is 48.5 Å². The minimum atomic E-state index is 0.139. The van der Waals surface area contributed by atoms with Crippen LogP contribution in [0, 0.1) is 12.3 Å². The first-order valence-electron chi connectivity index (χ1n) is 7.81. The topological polar surface area (TPSA) is 53.5 Å². The zero-order valence-electron chi connectivity index (χ0n) is 15.0. The summed E-state index contributed by atoms with van der Waals surface area (Å²) in [6.07, 6.45) is 0. The van der Waals surface area contributed by atoms with E-state index >= 15 is 0 Å². The predicted octanol–water partition coefficient (Wildman–Crippen LogP) is 4.88. The molecule has 0 bridgehead atoms. The number of rotatable bonds is 4. The van der Waals surface area contributed by atoms with Crippen molar-refractivity contribution in [2.45, 2.75) is 32.9 Å². The summed E-state index contributed by atoms with van der Waals surface area (Å²) >= 11 is 4.55. The number of anilines is 1. The van der Waals surface area contributed by atoms with Gasteiger partial charge in [-0.2, -0.15) is 12.6 Å². The maximum Gasteiger partial charge on any atom is 0.115 e. The van der Waals surface area contributed by atoms with Crippen LogP contribution in [-0.4, -0.2) is 12.2 Å². The number of aryl methyl sites for hydroxylation is 1. The minimum absolute atomic E-state index is 0.139. The lowest BCUT2D eigenvalue weighted by molar-refractivity contribution is 0.111. The molecule has 0 aromatic heterocycles. The van der Waals surface area contributed by atoms with Gasteiger partial charge in [-0.3, -0.25) is 10.3 Å². The van der Waals surface area contributed by atoms with E-state index in [2.05, 4.69) is 49.3 Å². The van der Waals surface area contributed by atoms with Crippen molar-refractivity contribution in [2.24, 2.45) is 5.41 Å². The average molecular weight is 349 g/mol. The van der Waals surface area contributed by atoms with Gasteiger partial charge in [0.1, 0.15) is 5.75 Å². The minimum Gasteiger partial charge on any atom is -0.508 e. The summed E-state index contributed by atoms with van der Waals surface area (Å²) in [4.78, 5) is 4.61. The van der Waals surface area contributed by atoms with Crippen LogP contribution in [0.4, 0.5) is 5.69 Å². The van der Waals surface area contributed by atoms with Gasteiger partial charge >= 0.3 is 0 Å². The first-order chi connectivity index (χ1) is 11.2. The molecule has 1 unspecified atom stereocenters. The van der Waals surface area contributed by atoms with Gasteiger partial charge in [0.15, 0.2) is 0 Å². The van der Waals surface area contributed by atoms with Gasteiger partial charge in [-0.05, 0) is 42.2 Å². The molecule has 24 heavy (non-hydrogen) atoms. The van der Waals surface area contributed by atoms with Crippen LogP contribution in [0.5, 0.6) is 5.75 Å². The van der Waals surface area contributed by atoms with Gasteiger partial charge in [0.05, 0.1) is 12.8 Å². The van der Waals surface area contributed by atoms with E-state index in [0.717, 1.165) is 11.3 Å². The number of aromatic hydroxyl groups is 1. The number of thiol groups is 1.